The standard InChI is InChI=1S/C28H32FN3O6S/c1-35-27(34)20-6-5-18(13-22(20)29)38-25-14-21-17(12-24(25)37-16-19-4-2-3-10-36-19)7-8-30-23(21)15-26(33)32-28-31-9-11-39-28/h5-6,9,11-14,19,23,28,30-31H,2-4,7-8,10,15-16H2,1H3,(H,32,33). The Bertz CT molecular complexity index is 1230. The number of ether oxygens (including phenoxy) is 4. The number of carbonyl (C=O) groups is 2. The minimum atomic E-state index is -0.765. The third-order valence-electron chi connectivity index (χ3n) is 6.85. The smallest absolute Gasteiger partial charge is 0.340 e. The fraction of sp³-hybridized carbons (Fsp3) is 0.429. The average molecular weight is 558 g/mol. The summed E-state index contributed by atoms with van der Waals surface area (Å²) < 4.78 is 37.4. The van der Waals surface area contributed by atoms with E-state index in [1.54, 1.807) is 6.20 Å². The van der Waals surface area contributed by atoms with Crippen LogP contribution in [-0.4, -0.2) is 50.3 Å². The minimum absolute atomic E-state index is 0.00548. The molecule has 3 N–H and O–H groups in total. The molecule has 3 aliphatic heterocycles. The number of carbonyl (C=O) groups excluding carboxylic acids is 2. The summed E-state index contributed by atoms with van der Waals surface area (Å²) in [7, 11) is 1.20. The van der Waals surface area contributed by atoms with Crippen LogP contribution in [0, 0.1) is 5.82 Å². The molecule has 0 bridgehead atoms. The summed E-state index contributed by atoms with van der Waals surface area (Å²) in [5.41, 5.74) is 1.62. The zero-order valence-corrected chi connectivity index (χ0v) is 22.5. The molecule has 3 atom stereocenters. The molecule has 2 aromatic rings. The lowest BCUT2D eigenvalue weighted by atomic mass is 9.91. The van der Waals surface area contributed by atoms with Crippen molar-refractivity contribution in [3.05, 3.63) is 64.4 Å². The monoisotopic (exact) mass is 557 g/mol. The van der Waals surface area contributed by atoms with E-state index in [9.17, 15) is 14.0 Å². The highest BCUT2D eigenvalue weighted by molar-refractivity contribution is 8.02. The van der Waals surface area contributed by atoms with Crippen molar-refractivity contribution in [3.8, 4) is 17.2 Å². The molecule has 0 spiro atoms. The van der Waals surface area contributed by atoms with E-state index in [-0.39, 0.29) is 41.3 Å². The van der Waals surface area contributed by atoms with Crippen molar-refractivity contribution in [3.63, 3.8) is 0 Å². The van der Waals surface area contributed by atoms with Crippen molar-refractivity contribution in [2.75, 3.05) is 26.9 Å². The van der Waals surface area contributed by atoms with Gasteiger partial charge in [-0.25, -0.2) is 9.18 Å². The first-order chi connectivity index (χ1) is 19.0. The fourth-order valence-electron chi connectivity index (χ4n) is 4.86. The Morgan fingerprint density at radius 1 is 1.21 bits per heavy atom. The third-order valence-corrected chi connectivity index (χ3v) is 7.67. The van der Waals surface area contributed by atoms with Gasteiger partial charge in [0.2, 0.25) is 5.91 Å². The first-order valence-electron chi connectivity index (χ1n) is 13.1. The molecular formula is C28H32FN3O6S. The van der Waals surface area contributed by atoms with Gasteiger partial charge in [0.25, 0.3) is 0 Å². The quantitative estimate of drug-likeness (QED) is 0.392. The van der Waals surface area contributed by atoms with Gasteiger partial charge in [-0.2, -0.15) is 0 Å². The predicted molar refractivity (Wildman–Crippen MR) is 144 cm³/mol. The molecule has 208 valence electrons. The van der Waals surface area contributed by atoms with Gasteiger partial charge in [-0.1, -0.05) is 11.8 Å². The third kappa shape index (κ3) is 6.84. The summed E-state index contributed by atoms with van der Waals surface area (Å²) in [6, 6.07) is 7.53. The SMILES string of the molecule is COC(=O)c1ccc(Oc2cc3c(cc2OCC2CCCCO2)CCNC3CC(=O)NC2NC=CS2)cc1F. The van der Waals surface area contributed by atoms with Gasteiger partial charge in [0, 0.05) is 31.3 Å². The number of benzene rings is 2. The van der Waals surface area contributed by atoms with Crippen molar-refractivity contribution in [2.24, 2.45) is 0 Å². The van der Waals surface area contributed by atoms with Gasteiger partial charge in [-0.05, 0) is 73.0 Å². The van der Waals surface area contributed by atoms with Gasteiger partial charge in [0.1, 0.15) is 18.2 Å². The highest BCUT2D eigenvalue weighted by Crippen LogP contribution is 2.39. The van der Waals surface area contributed by atoms with E-state index in [1.807, 2.05) is 17.5 Å². The maximum Gasteiger partial charge on any atom is 0.340 e. The van der Waals surface area contributed by atoms with E-state index in [0.29, 0.717) is 31.3 Å². The molecule has 1 amide bonds. The van der Waals surface area contributed by atoms with Crippen LogP contribution in [0.25, 0.3) is 0 Å². The van der Waals surface area contributed by atoms with Crippen LogP contribution < -0.4 is 25.4 Å². The van der Waals surface area contributed by atoms with Gasteiger partial charge < -0.3 is 34.9 Å². The molecule has 0 saturated carbocycles. The van der Waals surface area contributed by atoms with Crippen LogP contribution in [0.4, 0.5) is 4.39 Å². The van der Waals surface area contributed by atoms with E-state index in [4.69, 9.17) is 14.2 Å². The molecule has 1 saturated heterocycles. The Labute approximate surface area is 230 Å². The maximum absolute atomic E-state index is 14.6. The molecule has 39 heavy (non-hydrogen) atoms. The fourth-order valence-corrected chi connectivity index (χ4v) is 5.53. The minimum Gasteiger partial charge on any atom is -0.487 e. The van der Waals surface area contributed by atoms with Crippen molar-refractivity contribution >= 4 is 23.6 Å². The lowest BCUT2D eigenvalue weighted by molar-refractivity contribution is -0.121. The summed E-state index contributed by atoms with van der Waals surface area (Å²) in [5.74, 6) is -0.497. The Morgan fingerprint density at radius 2 is 2.10 bits per heavy atom. The molecule has 11 heteroatoms. The molecule has 1 fully saturated rings. The number of methoxy groups -OCH3 is 1. The molecule has 9 nitrogen and oxygen atoms in total. The van der Waals surface area contributed by atoms with Crippen LogP contribution in [-0.2, 0) is 20.7 Å². The number of hydrogen-bond acceptors (Lipinski definition) is 9. The average Bonchev–Trinajstić information content (AvgIpc) is 3.45. The molecule has 0 radical (unpaired) electrons. The van der Waals surface area contributed by atoms with Gasteiger partial charge in [0.05, 0.1) is 18.8 Å². The van der Waals surface area contributed by atoms with Crippen LogP contribution in [0.2, 0.25) is 0 Å². The van der Waals surface area contributed by atoms with Gasteiger partial charge in [0.15, 0.2) is 17.0 Å². The lowest BCUT2D eigenvalue weighted by Gasteiger charge is -2.29. The second kappa shape index (κ2) is 12.7. The summed E-state index contributed by atoms with van der Waals surface area (Å²) in [6.45, 7) is 1.80. The number of amides is 1. The van der Waals surface area contributed by atoms with Gasteiger partial charge in [-0.15, -0.1) is 0 Å². The Morgan fingerprint density at radius 3 is 2.85 bits per heavy atom. The first kappa shape index (κ1) is 27.3. The van der Waals surface area contributed by atoms with E-state index in [2.05, 4.69) is 20.7 Å². The number of thioether (sulfide) groups is 1. The molecule has 0 aromatic heterocycles. The number of nitrogens with one attached hydrogen (secondary N) is 3. The van der Waals surface area contributed by atoms with Crippen molar-refractivity contribution in [1.29, 1.82) is 0 Å². The Balaban J connectivity index is 1.39. The van der Waals surface area contributed by atoms with E-state index < -0.39 is 11.8 Å². The number of rotatable bonds is 9. The van der Waals surface area contributed by atoms with Gasteiger partial charge in [-0.3, -0.25) is 4.79 Å². The van der Waals surface area contributed by atoms with Crippen LogP contribution in [0.3, 0.4) is 0 Å². The number of fused-ring (bicyclic) bond motifs is 1. The molecule has 3 unspecified atom stereocenters. The summed E-state index contributed by atoms with van der Waals surface area (Å²) in [5, 5.41) is 11.4. The number of halogens is 1. The largest absolute Gasteiger partial charge is 0.487 e. The highest BCUT2D eigenvalue weighted by atomic mass is 32.2. The van der Waals surface area contributed by atoms with Gasteiger partial charge >= 0.3 is 5.97 Å². The van der Waals surface area contributed by atoms with Crippen LogP contribution in [0.5, 0.6) is 17.2 Å². The van der Waals surface area contributed by atoms with E-state index in [0.717, 1.165) is 42.9 Å². The van der Waals surface area contributed by atoms with E-state index in [1.165, 1.54) is 31.0 Å². The summed E-state index contributed by atoms with van der Waals surface area (Å²) in [4.78, 5) is 24.6. The maximum atomic E-state index is 14.6. The van der Waals surface area contributed by atoms with Crippen LogP contribution in [0.15, 0.2) is 41.9 Å². The van der Waals surface area contributed by atoms with E-state index >= 15 is 0 Å². The molecule has 3 aliphatic rings. The van der Waals surface area contributed by atoms with Crippen LogP contribution in [0.1, 0.15) is 53.2 Å². The number of hydrogen-bond donors (Lipinski definition) is 3. The zero-order valence-electron chi connectivity index (χ0n) is 21.7. The number of esters is 1. The topological polar surface area (TPSA) is 107 Å². The van der Waals surface area contributed by atoms with Crippen molar-refractivity contribution < 1.29 is 32.9 Å². The second-order valence-corrected chi connectivity index (χ2v) is 10.6. The molecule has 2 aromatic carbocycles. The molecule has 5 rings (SSSR count). The Kier molecular flexibility index (Phi) is 8.90. The Hall–Kier alpha value is -3.28. The lowest BCUT2D eigenvalue weighted by Crippen LogP contribution is -2.41. The first-order valence-corrected chi connectivity index (χ1v) is 14.0. The summed E-state index contributed by atoms with van der Waals surface area (Å²) in [6.07, 6.45) is 5.85. The highest BCUT2D eigenvalue weighted by Gasteiger charge is 2.27. The summed E-state index contributed by atoms with van der Waals surface area (Å²) >= 11 is 1.50. The molecule has 0 aliphatic carbocycles. The molecular weight excluding hydrogens is 525 g/mol. The van der Waals surface area contributed by atoms with Crippen molar-refractivity contribution in [1.82, 2.24) is 16.0 Å². The van der Waals surface area contributed by atoms with Crippen LogP contribution >= 0.6 is 11.8 Å². The predicted octanol–water partition coefficient (Wildman–Crippen LogP) is 4.14. The normalized spacial score (nSPS) is 21.9. The van der Waals surface area contributed by atoms with Crippen molar-refractivity contribution in [2.45, 2.75) is 49.7 Å². The molecule has 3 heterocycles. The second-order valence-electron chi connectivity index (χ2n) is 9.55. The zero-order chi connectivity index (χ0) is 27.2.